The number of benzene rings is 2. The molecule has 0 atom stereocenters. The number of hydrogen-bond acceptors (Lipinski definition) is 2. The van der Waals surface area contributed by atoms with Crippen LogP contribution >= 0.6 is 0 Å². The third kappa shape index (κ3) is 9.51. The van der Waals surface area contributed by atoms with E-state index in [4.69, 9.17) is 9.47 Å². The highest BCUT2D eigenvalue weighted by Crippen LogP contribution is 2.24. The van der Waals surface area contributed by atoms with Crippen molar-refractivity contribution in [2.45, 2.75) is 78.1 Å². The predicted octanol–water partition coefficient (Wildman–Crippen LogP) is 8.09. The van der Waals surface area contributed by atoms with Crippen molar-refractivity contribution in [1.82, 2.24) is 0 Å². The Kier molecular flexibility index (Phi) is 10.5. The minimum atomic E-state index is 0.800. The molecule has 2 rings (SSSR count). The van der Waals surface area contributed by atoms with Crippen LogP contribution < -0.4 is 9.47 Å². The van der Waals surface area contributed by atoms with Gasteiger partial charge in [0, 0.05) is 0 Å². The second-order valence-electron chi connectivity index (χ2n) is 7.42. The summed E-state index contributed by atoms with van der Waals surface area (Å²) in [5, 5.41) is 0. The molecule has 0 saturated carbocycles. The summed E-state index contributed by atoms with van der Waals surface area (Å²) in [6.45, 7) is 5.15. The Morgan fingerprint density at radius 3 is 1.56 bits per heavy atom. The second kappa shape index (κ2) is 13.2. The van der Waals surface area contributed by atoms with Gasteiger partial charge in [0.1, 0.15) is 17.2 Å². The van der Waals surface area contributed by atoms with Crippen LogP contribution in [-0.2, 0) is 0 Å². The van der Waals surface area contributed by atoms with Crippen molar-refractivity contribution in [3.8, 4) is 17.2 Å². The molecule has 0 amide bonds. The van der Waals surface area contributed by atoms with Crippen molar-refractivity contribution >= 4 is 0 Å². The Morgan fingerprint density at radius 1 is 0.556 bits per heavy atom. The van der Waals surface area contributed by atoms with E-state index < -0.39 is 0 Å². The van der Waals surface area contributed by atoms with Gasteiger partial charge in [-0.15, -0.1) is 0 Å². The SMILES string of the molecule is CCCCCCCCCCCCOc1ccc(Oc2ccc(C)cc2)cc1. The summed E-state index contributed by atoms with van der Waals surface area (Å²) in [7, 11) is 0. The molecule has 0 aliphatic heterocycles. The molecular formula is C25H36O2. The Bertz CT molecular complexity index is 601. The highest BCUT2D eigenvalue weighted by Gasteiger charge is 1.99. The van der Waals surface area contributed by atoms with Crippen LogP contribution in [0.1, 0.15) is 76.7 Å². The van der Waals surface area contributed by atoms with Crippen molar-refractivity contribution in [1.29, 1.82) is 0 Å². The summed E-state index contributed by atoms with van der Waals surface area (Å²) in [5.41, 5.74) is 1.23. The van der Waals surface area contributed by atoms with Gasteiger partial charge in [-0.25, -0.2) is 0 Å². The zero-order valence-corrected chi connectivity index (χ0v) is 17.2. The van der Waals surface area contributed by atoms with E-state index >= 15 is 0 Å². The van der Waals surface area contributed by atoms with Gasteiger partial charge in [-0.05, 0) is 49.7 Å². The van der Waals surface area contributed by atoms with Gasteiger partial charge >= 0.3 is 0 Å². The first kappa shape index (κ1) is 21.3. The number of unbranched alkanes of at least 4 members (excludes halogenated alkanes) is 9. The van der Waals surface area contributed by atoms with Crippen molar-refractivity contribution in [2.24, 2.45) is 0 Å². The lowest BCUT2D eigenvalue weighted by atomic mass is 10.1. The number of aryl methyl sites for hydroxylation is 1. The van der Waals surface area contributed by atoms with Crippen molar-refractivity contribution < 1.29 is 9.47 Å². The van der Waals surface area contributed by atoms with E-state index in [2.05, 4.69) is 26.0 Å². The Labute approximate surface area is 165 Å². The molecule has 2 aromatic rings. The molecule has 2 nitrogen and oxygen atoms in total. The van der Waals surface area contributed by atoms with E-state index in [9.17, 15) is 0 Å². The smallest absolute Gasteiger partial charge is 0.127 e. The normalized spacial score (nSPS) is 10.7. The van der Waals surface area contributed by atoms with Gasteiger partial charge in [0.15, 0.2) is 0 Å². The van der Waals surface area contributed by atoms with Crippen LogP contribution in [-0.4, -0.2) is 6.61 Å². The van der Waals surface area contributed by atoms with Crippen molar-refractivity contribution in [2.75, 3.05) is 6.61 Å². The van der Waals surface area contributed by atoms with Gasteiger partial charge in [-0.1, -0.05) is 82.4 Å². The molecule has 0 aliphatic rings. The van der Waals surface area contributed by atoms with Crippen molar-refractivity contribution in [3.05, 3.63) is 54.1 Å². The maximum Gasteiger partial charge on any atom is 0.127 e. The van der Waals surface area contributed by atoms with Crippen LogP contribution in [0, 0.1) is 6.92 Å². The summed E-state index contributed by atoms with van der Waals surface area (Å²) < 4.78 is 11.7. The van der Waals surface area contributed by atoms with Gasteiger partial charge < -0.3 is 9.47 Å². The van der Waals surface area contributed by atoms with E-state index in [1.807, 2.05) is 36.4 Å². The highest BCUT2D eigenvalue weighted by molar-refractivity contribution is 5.36. The average molecular weight is 369 g/mol. The molecule has 0 fully saturated rings. The fourth-order valence-corrected chi connectivity index (χ4v) is 3.13. The monoisotopic (exact) mass is 368 g/mol. The second-order valence-corrected chi connectivity index (χ2v) is 7.42. The molecule has 0 saturated heterocycles. The Balaban J connectivity index is 1.52. The fraction of sp³-hybridized carbons (Fsp3) is 0.520. The first-order valence-corrected chi connectivity index (χ1v) is 10.8. The van der Waals surface area contributed by atoms with Gasteiger partial charge in [-0.2, -0.15) is 0 Å². The summed E-state index contributed by atoms with van der Waals surface area (Å²) >= 11 is 0. The molecule has 148 valence electrons. The zero-order chi connectivity index (χ0) is 19.2. The van der Waals surface area contributed by atoms with Crippen LogP contribution in [0.15, 0.2) is 48.5 Å². The first-order valence-electron chi connectivity index (χ1n) is 10.8. The molecule has 0 heterocycles. The highest BCUT2D eigenvalue weighted by atomic mass is 16.5. The molecule has 0 radical (unpaired) electrons. The van der Waals surface area contributed by atoms with E-state index in [-0.39, 0.29) is 0 Å². The molecule has 2 heteroatoms. The minimum absolute atomic E-state index is 0.800. The molecule has 0 bridgehead atoms. The van der Waals surface area contributed by atoms with E-state index in [1.54, 1.807) is 0 Å². The van der Waals surface area contributed by atoms with Crippen LogP contribution in [0.4, 0.5) is 0 Å². The fourth-order valence-electron chi connectivity index (χ4n) is 3.13. The average Bonchev–Trinajstić information content (AvgIpc) is 2.69. The van der Waals surface area contributed by atoms with Gasteiger partial charge in [0.25, 0.3) is 0 Å². The van der Waals surface area contributed by atoms with Crippen LogP contribution in [0.2, 0.25) is 0 Å². The molecule has 2 aromatic carbocycles. The minimum Gasteiger partial charge on any atom is -0.494 e. The predicted molar refractivity (Wildman–Crippen MR) is 115 cm³/mol. The van der Waals surface area contributed by atoms with Gasteiger partial charge in [-0.3, -0.25) is 0 Å². The summed E-state index contributed by atoms with van der Waals surface area (Å²) in [4.78, 5) is 0. The Morgan fingerprint density at radius 2 is 1.00 bits per heavy atom. The summed E-state index contributed by atoms with van der Waals surface area (Å²) in [5.74, 6) is 2.62. The topological polar surface area (TPSA) is 18.5 Å². The van der Waals surface area contributed by atoms with Crippen LogP contribution in [0.3, 0.4) is 0 Å². The van der Waals surface area contributed by atoms with E-state index in [0.717, 1.165) is 30.3 Å². The first-order chi connectivity index (χ1) is 13.3. The molecule has 0 unspecified atom stereocenters. The molecule has 0 spiro atoms. The zero-order valence-electron chi connectivity index (χ0n) is 17.2. The molecular weight excluding hydrogens is 332 g/mol. The lowest BCUT2D eigenvalue weighted by Crippen LogP contribution is -1.97. The molecule has 27 heavy (non-hydrogen) atoms. The number of hydrogen-bond donors (Lipinski definition) is 0. The van der Waals surface area contributed by atoms with Crippen LogP contribution in [0.25, 0.3) is 0 Å². The van der Waals surface area contributed by atoms with Gasteiger partial charge in [0.05, 0.1) is 6.61 Å². The lowest BCUT2D eigenvalue weighted by molar-refractivity contribution is 0.304. The lowest BCUT2D eigenvalue weighted by Gasteiger charge is -2.09. The third-order valence-corrected chi connectivity index (χ3v) is 4.85. The number of ether oxygens (including phenoxy) is 2. The maximum absolute atomic E-state index is 5.84. The third-order valence-electron chi connectivity index (χ3n) is 4.85. The summed E-state index contributed by atoms with van der Waals surface area (Å²) in [6.07, 6.45) is 13.5. The standard InChI is InChI=1S/C25H36O2/c1-3-4-5-6-7-8-9-10-11-12-21-26-23-17-19-25(20-18-23)27-24-15-13-22(2)14-16-24/h13-20H,3-12,21H2,1-2H3. The Hall–Kier alpha value is -1.96. The van der Waals surface area contributed by atoms with Crippen LogP contribution in [0.5, 0.6) is 17.2 Å². The quantitative estimate of drug-likeness (QED) is 0.314. The van der Waals surface area contributed by atoms with E-state index in [0.29, 0.717) is 0 Å². The molecule has 0 N–H and O–H groups in total. The van der Waals surface area contributed by atoms with Crippen molar-refractivity contribution in [3.63, 3.8) is 0 Å². The van der Waals surface area contributed by atoms with E-state index in [1.165, 1.54) is 63.4 Å². The summed E-state index contributed by atoms with van der Waals surface area (Å²) in [6, 6.07) is 16.0. The largest absolute Gasteiger partial charge is 0.494 e. The number of rotatable bonds is 14. The molecule has 0 aromatic heterocycles. The van der Waals surface area contributed by atoms with Gasteiger partial charge in [0.2, 0.25) is 0 Å². The molecule has 0 aliphatic carbocycles. The maximum atomic E-state index is 5.84.